The molecule has 0 unspecified atom stereocenters. The highest BCUT2D eigenvalue weighted by Gasteiger charge is 2.30. The van der Waals surface area contributed by atoms with Gasteiger partial charge in [-0.3, -0.25) is 0 Å². The van der Waals surface area contributed by atoms with Crippen molar-refractivity contribution in [2.24, 2.45) is 0 Å². The molecule has 2 aromatic carbocycles. The summed E-state index contributed by atoms with van der Waals surface area (Å²) in [5.74, 6) is 0. The predicted molar refractivity (Wildman–Crippen MR) is 98.8 cm³/mol. The average molecular weight is 385 g/mol. The molecule has 1 aliphatic heterocycles. The van der Waals surface area contributed by atoms with Gasteiger partial charge in [-0.25, -0.2) is 13.1 Å². The minimum Gasteiger partial charge on any atom is -0.329 e. The lowest BCUT2D eigenvalue weighted by Crippen LogP contribution is -3.13. The summed E-state index contributed by atoms with van der Waals surface area (Å²) in [6.07, 6.45) is 1.47. The van der Waals surface area contributed by atoms with Gasteiger partial charge in [0.2, 0.25) is 10.0 Å². The largest absolute Gasteiger partial charge is 0.329 e. The Labute approximate surface area is 158 Å². The number of nitrogens with zero attached hydrogens (tertiary/aromatic N) is 5. The number of benzene rings is 2. The van der Waals surface area contributed by atoms with Crippen molar-refractivity contribution in [3.63, 3.8) is 0 Å². The van der Waals surface area contributed by atoms with E-state index in [2.05, 4.69) is 27.7 Å². The Morgan fingerprint density at radius 3 is 2.30 bits per heavy atom. The zero-order chi connectivity index (χ0) is 18.7. The van der Waals surface area contributed by atoms with Crippen molar-refractivity contribution in [2.75, 3.05) is 26.2 Å². The number of sulfonamides is 1. The van der Waals surface area contributed by atoms with Crippen molar-refractivity contribution in [3.8, 4) is 5.69 Å². The molecule has 1 aromatic heterocycles. The van der Waals surface area contributed by atoms with Crippen molar-refractivity contribution in [1.82, 2.24) is 24.5 Å². The number of piperazine rings is 1. The molecule has 1 fully saturated rings. The third-order valence-corrected chi connectivity index (χ3v) is 6.73. The Balaban J connectivity index is 1.41. The summed E-state index contributed by atoms with van der Waals surface area (Å²) < 4.78 is 28.9. The Hall–Kier alpha value is -2.62. The van der Waals surface area contributed by atoms with Gasteiger partial charge in [0.25, 0.3) is 0 Å². The fourth-order valence-electron chi connectivity index (χ4n) is 3.30. The van der Waals surface area contributed by atoms with Gasteiger partial charge < -0.3 is 4.90 Å². The molecule has 1 saturated heterocycles. The van der Waals surface area contributed by atoms with Crippen molar-refractivity contribution in [3.05, 3.63) is 66.5 Å². The van der Waals surface area contributed by atoms with Crippen LogP contribution in [0, 0.1) is 0 Å². The van der Waals surface area contributed by atoms with E-state index in [4.69, 9.17) is 0 Å². The SMILES string of the molecule is O=S(=O)(c1ccc(-n2cnnn2)cc1)N1CC[NH+](Cc2ccccc2)CC1. The lowest BCUT2D eigenvalue weighted by molar-refractivity contribution is -0.917. The van der Waals surface area contributed by atoms with E-state index in [0.717, 1.165) is 25.3 Å². The number of hydrogen-bond donors (Lipinski definition) is 1. The first-order valence-electron chi connectivity index (χ1n) is 8.84. The summed E-state index contributed by atoms with van der Waals surface area (Å²) >= 11 is 0. The van der Waals surface area contributed by atoms with E-state index in [-0.39, 0.29) is 0 Å². The zero-order valence-electron chi connectivity index (χ0n) is 14.8. The first kappa shape index (κ1) is 17.8. The Morgan fingerprint density at radius 2 is 1.67 bits per heavy atom. The maximum Gasteiger partial charge on any atom is 0.243 e. The van der Waals surface area contributed by atoms with Crippen LogP contribution >= 0.6 is 0 Å². The molecule has 0 atom stereocenters. The van der Waals surface area contributed by atoms with Crippen LogP contribution in [0.5, 0.6) is 0 Å². The second-order valence-electron chi connectivity index (χ2n) is 6.56. The predicted octanol–water partition coefficient (Wildman–Crippen LogP) is -0.248. The molecule has 27 heavy (non-hydrogen) atoms. The molecule has 0 spiro atoms. The Bertz CT molecular complexity index is 966. The lowest BCUT2D eigenvalue weighted by atomic mass is 10.2. The molecule has 2 heterocycles. The summed E-state index contributed by atoms with van der Waals surface area (Å²) in [5.41, 5.74) is 2.00. The topological polar surface area (TPSA) is 85.4 Å². The van der Waals surface area contributed by atoms with Crippen molar-refractivity contribution in [1.29, 1.82) is 0 Å². The molecule has 9 heteroatoms. The van der Waals surface area contributed by atoms with E-state index in [1.54, 1.807) is 28.6 Å². The van der Waals surface area contributed by atoms with E-state index < -0.39 is 10.0 Å². The fraction of sp³-hybridized carbons (Fsp3) is 0.278. The summed E-state index contributed by atoms with van der Waals surface area (Å²) in [7, 11) is -3.48. The molecule has 1 aliphatic rings. The van der Waals surface area contributed by atoms with E-state index in [1.807, 2.05) is 18.2 Å². The highest BCUT2D eigenvalue weighted by molar-refractivity contribution is 7.89. The second kappa shape index (κ2) is 7.55. The van der Waals surface area contributed by atoms with Gasteiger partial charge in [0.15, 0.2) is 0 Å². The van der Waals surface area contributed by atoms with Crippen LogP contribution in [0.1, 0.15) is 5.56 Å². The van der Waals surface area contributed by atoms with Crippen molar-refractivity contribution < 1.29 is 13.3 Å². The van der Waals surface area contributed by atoms with Gasteiger partial charge in [-0.2, -0.15) is 4.31 Å². The van der Waals surface area contributed by atoms with Gasteiger partial charge in [0, 0.05) is 5.56 Å². The Kier molecular flexibility index (Phi) is 4.97. The molecule has 0 amide bonds. The third-order valence-electron chi connectivity index (χ3n) is 4.81. The van der Waals surface area contributed by atoms with Crippen LogP contribution in [0.2, 0.25) is 0 Å². The number of tetrazole rings is 1. The molecule has 1 N–H and O–H groups in total. The number of aromatic nitrogens is 4. The molecule has 0 saturated carbocycles. The first-order chi connectivity index (χ1) is 13.1. The third kappa shape index (κ3) is 3.90. The van der Waals surface area contributed by atoms with Crippen LogP contribution in [0.3, 0.4) is 0 Å². The lowest BCUT2D eigenvalue weighted by Gasteiger charge is -2.31. The minimum atomic E-state index is -3.48. The van der Waals surface area contributed by atoms with Crippen LogP contribution in [-0.2, 0) is 16.6 Å². The minimum absolute atomic E-state index is 0.297. The summed E-state index contributed by atoms with van der Waals surface area (Å²) in [6.45, 7) is 3.58. The molecule has 0 aliphatic carbocycles. The average Bonchev–Trinajstić information content (AvgIpc) is 3.24. The molecular weight excluding hydrogens is 364 g/mol. The standard InChI is InChI=1S/C18H20N6O2S/c25-27(26,18-8-6-17(7-9-18)24-15-19-20-21-24)23-12-10-22(11-13-23)14-16-4-2-1-3-5-16/h1-9,15H,10-14H2/p+1. The van der Waals surface area contributed by atoms with Gasteiger partial charge in [0.1, 0.15) is 12.9 Å². The van der Waals surface area contributed by atoms with E-state index in [0.29, 0.717) is 18.0 Å². The normalized spacial score (nSPS) is 16.4. The molecule has 4 rings (SSSR count). The molecule has 140 valence electrons. The van der Waals surface area contributed by atoms with E-state index in [9.17, 15) is 8.42 Å². The van der Waals surface area contributed by atoms with Crippen LogP contribution in [0.4, 0.5) is 0 Å². The number of nitrogens with one attached hydrogen (secondary N) is 1. The maximum atomic E-state index is 12.9. The Morgan fingerprint density at radius 1 is 0.963 bits per heavy atom. The maximum absolute atomic E-state index is 12.9. The molecular formula is C18H21N6O2S+. The summed E-state index contributed by atoms with van der Waals surface area (Å²) in [4.78, 5) is 1.70. The smallest absolute Gasteiger partial charge is 0.243 e. The summed E-state index contributed by atoms with van der Waals surface area (Å²) in [5, 5.41) is 11.0. The number of quaternary nitrogens is 1. The summed E-state index contributed by atoms with van der Waals surface area (Å²) in [6, 6.07) is 16.9. The van der Waals surface area contributed by atoms with Gasteiger partial charge in [-0.1, -0.05) is 30.3 Å². The second-order valence-corrected chi connectivity index (χ2v) is 8.50. The highest BCUT2D eigenvalue weighted by atomic mass is 32.2. The van der Waals surface area contributed by atoms with Crippen molar-refractivity contribution >= 4 is 10.0 Å². The highest BCUT2D eigenvalue weighted by Crippen LogP contribution is 2.17. The number of hydrogen-bond acceptors (Lipinski definition) is 5. The van der Waals surface area contributed by atoms with E-state index in [1.165, 1.54) is 21.5 Å². The van der Waals surface area contributed by atoms with Gasteiger partial charge >= 0.3 is 0 Å². The van der Waals surface area contributed by atoms with Crippen molar-refractivity contribution in [2.45, 2.75) is 11.4 Å². The molecule has 8 nitrogen and oxygen atoms in total. The fourth-order valence-corrected chi connectivity index (χ4v) is 4.75. The van der Waals surface area contributed by atoms with Gasteiger partial charge in [-0.05, 0) is 34.7 Å². The molecule has 3 aromatic rings. The van der Waals surface area contributed by atoms with Crippen LogP contribution in [-0.4, -0.2) is 59.1 Å². The molecule has 0 bridgehead atoms. The van der Waals surface area contributed by atoms with Crippen LogP contribution in [0.15, 0.2) is 65.8 Å². The van der Waals surface area contributed by atoms with Gasteiger partial charge in [-0.15, -0.1) is 5.10 Å². The van der Waals surface area contributed by atoms with Gasteiger partial charge in [0.05, 0.1) is 36.8 Å². The first-order valence-corrected chi connectivity index (χ1v) is 10.3. The quantitative estimate of drug-likeness (QED) is 0.655. The van der Waals surface area contributed by atoms with Crippen LogP contribution in [0.25, 0.3) is 5.69 Å². The number of rotatable bonds is 5. The van der Waals surface area contributed by atoms with E-state index >= 15 is 0 Å². The monoisotopic (exact) mass is 385 g/mol. The van der Waals surface area contributed by atoms with Crippen LogP contribution < -0.4 is 4.90 Å². The zero-order valence-corrected chi connectivity index (χ0v) is 15.6. The molecule has 0 radical (unpaired) electrons.